The highest BCUT2D eigenvalue weighted by Crippen LogP contribution is 2.22. The molecule has 30 heavy (non-hydrogen) atoms. The number of rotatable bonds is 15. The first kappa shape index (κ1) is 27.2. The third-order valence-electron chi connectivity index (χ3n) is 5.46. The minimum atomic E-state index is -1.54. The van der Waals surface area contributed by atoms with Crippen LogP contribution in [-0.2, 0) is 14.3 Å². The second-order valence-corrected chi connectivity index (χ2v) is 8.08. The van der Waals surface area contributed by atoms with Crippen LogP contribution in [0.25, 0.3) is 0 Å². The average molecular weight is 436 g/mol. The third-order valence-corrected chi connectivity index (χ3v) is 5.46. The predicted molar refractivity (Wildman–Crippen MR) is 111 cm³/mol. The van der Waals surface area contributed by atoms with Crippen molar-refractivity contribution >= 4 is 5.91 Å². The summed E-state index contributed by atoms with van der Waals surface area (Å²) in [5, 5.41) is 52.5. The Bertz CT molecular complexity index is 464. The predicted octanol–water partition coefficient (Wildman–Crippen LogP) is 0.199. The molecule has 1 amide bonds. The summed E-state index contributed by atoms with van der Waals surface area (Å²) in [6.07, 6.45) is -0.235. The topological polar surface area (TPSA) is 149 Å². The number of ether oxygens (including phenoxy) is 2. The first-order valence-electron chi connectivity index (χ1n) is 11.2. The van der Waals surface area contributed by atoms with Crippen molar-refractivity contribution in [1.29, 1.82) is 0 Å². The number of hydrogen-bond acceptors (Lipinski definition) is 8. The van der Waals surface area contributed by atoms with Crippen LogP contribution in [0, 0.1) is 0 Å². The standard InChI is InChI=1S/C21H41NO8/c1-3-5-7-9-10-15(24)14(22-17(25)11-8-6-4-2)13-29-21-20(28)19(27)18(26)16(12-23)30-21/h14-16,18-21,23-24,26-28H,3-13H2,1-2H3,(H,22,25). The number of carbonyl (C=O) groups excluding carboxylic acids is 1. The van der Waals surface area contributed by atoms with Crippen molar-refractivity contribution < 1.29 is 39.8 Å². The first-order chi connectivity index (χ1) is 14.3. The molecule has 178 valence electrons. The first-order valence-corrected chi connectivity index (χ1v) is 11.2. The van der Waals surface area contributed by atoms with Gasteiger partial charge in [-0.05, 0) is 12.8 Å². The molecule has 1 rings (SSSR count). The highest BCUT2D eigenvalue weighted by molar-refractivity contribution is 5.76. The Morgan fingerprint density at radius 1 is 1.00 bits per heavy atom. The zero-order chi connectivity index (χ0) is 22.5. The van der Waals surface area contributed by atoms with Crippen molar-refractivity contribution in [3.63, 3.8) is 0 Å². The second-order valence-electron chi connectivity index (χ2n) is 8.08. The average Bonchev–Trinajstić information content (AvgIpc) is 2.73. The Labute approximate surface area is 179 Å². The van der Waals surface area contributed by atoms with E-state index in [1.54, 1.807) is 0 Å². The van der Waals surface area contributed by atoms with Crippen LogP contribution < -0.4 is 5.32 Å². The van der Waals surface area contributed by atoms with E-state index in [2.05, 4.69) is 19.2 Å². The normalized spacial score (nSPS) is 28.8. The Kier molecular flexibility index (Phi) is 13.7. The Balaban J connectivity index is 2.67. The molecule has 0 spiro atoms. The number of carbonyl (C=O) groups is 1. The van der Waals surface area contributed by atoms with E-state index in [-0.39, 0.29) is 12.5 Å². The van der Waals surface area contributed by atoms with E-state index in [1.165, 1.54) is 0 Å². The van der Waals surface area contributed by atoms with Crippen molar-refractivity contribution in [2.24, 2.45) is 0 Å². The van der Waals surface area contributed by atoms with Crippen LogP contribution in [0.4, 0.5) is 0 Å². The number of aliphatic hydroxyl groups excluding tert-OH is 5. The molecule has 1 aliphatic heterocycles. The SMILES string of the molecule is CCCCCCC(O)C(COC1OC(CO)C(O)C(O)C1O)NC(=O)CCCCC. The summed E-state index contributed by atoms with van der Waals surface area (Å²) in [5.41, 5.74) is 0. The molecular formula is C21H41NO8. The van der Waals surface area contributed by atoms with E-state index in [4.69, 9.17) is 9.47 Å². The van der Waals surface area contributed by atoms with Gasteiger partial charge in [0.15, 0.2) is 6.29 Å². The lowest BCUT2D eigenvalue weighted by Gasteiger charge is -2.40. The van der Waals surface area contributed by atoms with Crippen molar-refractivity contribution in [2.75, 3.05) is 13.2 Å². The van der Waals surface area contributed by atoms with Crippen molar-refractivity contribution in [3.05, 3.63) is 0 Å². The maximum Gasteiger partial charge on any atom is 0.220 e. The summed E-state index contributed by atoms with van der Waals surface area (Å²) in [6, 6.07) is -0.701. The molecule has 1 saturated heterocycles. The van der Waals surface area contributed by atoms with Crippen molar-refractivity contribution in [2.45, 2.75) is 114 Å². The van der Waals surface area contributed by atoms with Crippen LogP contribution >= 0.6 is 0 Å². The van der Waals surface area contributed by atoms with Gasteiger partial charge in [-0.3, -0.25) is 4.79 Å². The fourth-order valence-electron chi connectivity index (χ4n) is 3.45. The third kappa shape index (κ3) is 9.13. The molecule has 1 aliphatic rings. The molecule has 0 aromatic heterocycles. The smallest absolute Gasteiger partial charge is 0.220 e. The number of amides is 1. The van der Waals surface area contributed by atoms with Crippen LogP contribution in [0.5, 0.6) is 0 Å². The van der Waals surface area contributed by atoms with Gasteiger partial charge in [-0.15, -0.1) is 0 Å². The lowest BCUT2D eigenvalue weighted by Crippen LogP contribution is -2.60. The molecule has 0 aromatic carbocycles. The highest BCUT2D eigenvalue weighted by atomic mass is 16.7. The van der Waals surface area contributed by atoms with E-state index in [0.717, 1.165) is 44.9 Å². The molecule has 7 atom stereocenters. The molecular weight excluding hydrogens is 394 g/mol. The van der Waals surface area contributed by atoms with E-state index in [1.807, 2.05) is 0 Å². The van der Waals surface area contributed by atoms with E-state index < -0.39 is 49.5 Å². The van der Waals surface area contributed by atoms with Crippen LogP contribution in [-0.4, -0.2) is 87.5 Å². The number of nitrogens with one attached hydrogen (secondary N) is 1. The number of aliphatic hydroxyl groups is 5. The molecule has 0 aromatic rings. The molecule has 7 unspecified atom stereocenters. The lowest BCUT2D eigenvalue weighted by molar-refractivity contribution is -0.302. The maximum atomic E-state index is 12.3. The van der Waals surface area contributed by atoms with E-state index in [9.17, 15) is 30.3 Å². The van der Waals surface area contributed by atoms with Gasteiger partial charge in [0.2, 0.25) is 5.91 Å². The van der Waals surface area contributed by atoms with Gasteiger partial charge in [0, 0.05) is 6.42 Å². The summed E-state index contributed by atoms with van der Waals surface area (Å²) in [6.45, 7) is 3.46. The van der Waals surface area contributed by atoms with Crippen LogP contribution in [0.15, 0.2) is 0 Å². The van der Waals surface area contributed by atoms with Gasteiger partial charge in [-0.1, -0.05) is 52.4 Å². The van der Waals surface area contributed by atoms with Gasteiger partial charge in [-0.2, -0.15) is 0 Å². The minimum absolute atomic E-state index is 0.142. The quantitative estimate of drug-likeness (QED) is 0.200. The van der Waals surface area contributed by atoms with Crippen molar-refractivity contribution in [3.8, 4) is 0 Å². The molecule has 0 aliphatic carbocycles. The van der Waals surface area contributed by atoms with Gasteiger partial charge in [0.1, 0.15) is 24.4 Å². The summed E-state index contributed by atoms with van der Waals surface area (Å²) in [5.74, 6) is -0.182. The zero-order valence-corrected chi connectivity index (χ0v) is 18.3. The van der Waals surface area contributed by atoms with Crippen molar-refractivity contribution in [1.82, 2.24) is 5.32 Å². The number of hydrogen-bond donors (Lipinski definition) is 6. The summed E-state index contributed by atoms with van der Waals surface area (Å²) in [4.78, 5) is 12.3. The minimum Gasteiger partial charge on any atom is -0.394 e. The summed E-state index contributed by atoms with van der Waals surface area (Å²) >= 11 is 0. The Morgan fingerprint density at radius 2 is 1.67 bits per heavy atom. The monoisotopic (exact) mass is 435 g/mol. The summed E-state index contributed by atoms with van der Waals surface area (Å²) in [7, 11) is 0. The summed E-state index contributed by atoms with van der Waals surface area (Å²) < 4.78 is 10.9. The van der Waals surface area contributed by atoms with Crippen LogP contribution in [0.3, 0.4) is 0 Å². The largest absolute Gasteiger partial charge is 0.394 e. The molecule has 6 N–H and O–H groups in total. The fraction of sp³-hybridized carbons (Fsp3) is 0.952. The lowest BCUT2D eigenvalue weighted by atomic mass is 9.99. The van der Waals surface area contributed by atoms with Gasteiger partial charge in [-0.25, -0.2) is 0 Å². The molecule has 0 bridgehead atoms. The molecule has 0 radical (unpaired) electrons. The fourth-order valence-corrected chi connectivity index (χ4v) is 3.45. The second kappa shape index (κ2) is 15.1. The number of unbranched alkanes of at least 4 members (excludes halogenated alkanes) is 5. The molecule has 0 saturated carbocycles. The van der Waals surface area contributed by atoms with E-state index in [0.29, 0.717) is 12.8 Å². The Hall–Kier alpha value is -0.810. The molecule has 9 nitrogen and oxygen atoms in total. The van der Waals surface area contributed by atoms with Crippen LogP contribution in [0.2, 0.25) is 0 Å². The maximum absolute atomic E-state index is 12.3. The van der Waals surface area contributed by atoms with Gasteiger partial charge in [0.05, 0.1) is 25.4 Å². The molecule has 9 heteroatoms. The van der Waals surface area contributed by atoms with E-state index >= 15 is 0 Å². The van der Waals surface area contributed by atoms with Gasteiger partial charge in [0.25, 0.3) is 0 Å². The molecule has 1 fully saturated rings. The molecule has 1 heterocycles. The van der Waals surface area contributed by atoms with Gasteiger partial charge < -0.3 is 40.3 Å². The zero-order valence-electron chi connectivity index (χ0n) is 18.3. The van der Waals surface area contributed by atoms with Gasteiger partial charge >= 0.3 is 0 Å². The van der Waals surface area contributed by atoms with Crippen LogP contribution in [0.1, 0.15) is 71.6 Å². The highest BCUT2D eigenvalue weighted by Gasteiger charge is 2.44. The Morgan fingerprint density at radius 3 is 2.30 bits per heavy atom.